The summed E-state index contributed by atoms with van der Waals surface area (Å²) in [5.41, 5.74) is 4.60. The third kappa shape index (κ3) is 6.12. The van der Waals surface area contributed by atoms with Gasteiger partial charge in [0, 0.05) is 38.1 Å². The van der Waals surface area contributed by atoms with Crippen molar-refractivity contribution >= 4 is 16.9 Å². The minimum atomic E-state index is -0.487. The van der Waals surface area contributed by atoms with Gasteiger partial charge in [-0.3, -0.25) is 14.6 Å². The second-order valence-corrected chi connectivity index (χ2v) is 10.9. The van der Waals surface area contributed by atoms with Crippen molar-refractivity contribution < 1.29 is 9.21 Å². The highest BCUT2D eigenvalue weighted by Crippen LogP contribution is 2.33. The fourth-order valence-corrected chi connectivity index (χ4v) is 6.00. The second-order valence-electron chi connectivity index (χ2n) is 10.9. The standard InChI is InChI=1S/C36H37N3O2/c1-27(28-13-5-2-6-14-28)26-37-36(40)35(33-25-31-19-11-12-20-32(31)41-33)39-23-21-38(22-24-39)34(29-15-7-3-8-16-29)30-17-9-4-10-18-30/h2-20,25,27,34-35H,21-24,26H2,1H3,(H,37,40). The van der Waals surface area contributed by atoms with E-state index >= 15 is 0 Å². The van der Waals surface area contributed by atoms with Gasteiger partial charge in [0.25, 0.3) is 0 Å². The summed E-state index contributed by atoms with van der Waals surface area (Å²) < 4.78 is 6.29. The number of piperazine rings is 1. The Morgan fingerprint density at radius 1 is 0.707 bits per heavy atom. The largest absolute Gasteiger partial charge is 0.459 e. The quantitative estimate of drug-likeness (QED) is 0.222. The number of rotatable bonds is 9. The van der Waals surface area contributed by atoms with Crippen LogP contribution >= 0.6 is 0 Å². The number of benzene rings is 4. The summed E-state index contributed by atoms with van der Waals surface area (Å²) in [6, 6.07) is 41.5. The summed E-state index contributed by atoms with van der Waals surface area (Å²) in [7, 11) is 0. The molecule has 5 nitrogen and oxygen atoms in total. The Hall–Kier alpha value is -4.19. The maximum Gasteiger partial charge on any atom is 0.245 e. The topological polar surface area (TPSA) is 48.7 Å². The van der Waals surface area contributed by atoms with Crippen molar-refractivity contribution in [1.29, 1.82) is 0 Å². The Balaban J connectivity index is 1.22. The lowest BCUT2D eigenvalue weighted by molar-refractivity contribution is -0.128. The van der Waals surface area contributed by atoms with Crippen LogP contribution in [0.2, 0.25) is 0 Å². The minimum Gasteiger partial charge on any atom is -0.459 e. The van der Waals surface area contributed by atoms with Crippen molar-refractivity contribution in [3.05, 3.63) is 144 Å². The van der Waals surface area contributed by atoms with E-state index in [-0.39, 0.29) is 17.9 Å². The van der Waals surface area contributed by atoms with Crippen LogP contribution in [0.25, 0.3) is 11.0 Å². The van der Waals surface area contributed by atoms with Crippen LogP contribution in [0.5, 0.6) is 0 Å². The van der Waals surface area contributed by atoms with Gasteiger partial charge in [-0.25, -0.2) is 0 Å². The predicted octanol–water partition coefficient (Wildman–Crippen LogP) is 6.80. The van der Waals surface area contributed by atoms with Crippen LogP contribution < -0.4 is 5.32 Å². The van der Waals surface area contributed by atoms with Crippen LogP contribution in [0.15, 0.2) is 126 Å². The summed E-state index contributed by atoms with van der Waals surface area (Å²) >= 11 is 0. The van der Waals surface area contributed by atoms with Gasteiger partial charge in [0.15, 0.2) is 0 Å². The number of nitrogens with zero attached hydrogens (tertiary/aromatic N) is 2. The smallest absolute Gasteiger partial charge is 0.245 e. The first-order chi connectivity index (χ1) is 20.2. The molecular weight excluding hydrogens is 506 g/mol. The first-order valence-corrected chi connectivity index (χ1v) is 14.6. The predicted molar refractivity (Wildman–Crippen MR) is 165 cm³/mol. The number of hydrogen-bond acceptors (Lipinski definition) is 4. The summed E-state index contributed by atoms with van der Waals surface area (Å²) in [6.07, 6.45) is 0. The molecule has 0 radical (unpaired) electrons. The molecule has 2 atom stereocenters. The first-order valence-electron chi connectivity index (χ1n) is 14.6. The normalized spacial score (nSPS) is 16.0. The Labute approximate surface area is 242 Å². The third-order valence-electron chi connectivity index (χ3n) is 8.22. The molecule has 0 spiro atoms. The van der Waals surface area contributed by atoms with Crippen molar-refractivity contribution in [2.45, 2.75) is 24.9 Å². The van der Waals surface area contributed by atoms with E-state index in [2.05, 4.69) is 94.8 Å². The van der Waals surface area contributed by atoms with E-state index in [4.69, 9.17) is 4.42 Å². The highest BCUT2D eigenvalue weighted by atomic mass is 16.3. The van der Waals surface area contributed by atoms with Crippen molar-refractivity contribution in [3.8, 4) is 0 Å². The van der Waals surface area contributed by atoms with Crippen molar-refractivity contribution in [2.24, 2.45) is 0 Å². The molecule has 1 saturated heterocycles. The molecule has 6 rings (SSSR count). The molecule has 1 amide bonds. The van der Waals surface area contributed by atoms with Gasteiger partial charge < -0.3 is 9.73 Å². The molecule has 1 fully saturated rings. The number of amides is 1. The van der Waals surface area contributed by atoms with Crippen LogP contribution in [-0.4, -0.2) is 48.4 Å². The number of para-hydroxylation sites is 1. The van der Waals surface area contributed by atoms with Crippen LogP contribution in [0, 0.1) is 0 Å². The molecule has 0 bridgehead atoms. The van der Waals surface area contributed by atoms with Crippen LogP contribution in [0.1, 0.15) is 47.4 Å². The van der Waals surface area contributed by atoms with Gasteiger partial charge in [0.1, 0.15) is 17.4 Å². The monoisotopic (exact) mass is 543 g/mol. The number of nitrogens with one attached hydrogen (secondary N) is 1. The van der Waals surface area contributed by atoms with E-state index in [1.54, 1.807) is 0 Å². The van der Waals surface area contributed by atoms with Crippen molar-refractivity contribution in [3.63, 3.8) is 0 Å². The Morgan fingerprint density at radius 3 is 1.80 bits per heavy atom. The zero-order chi connectivity index (χ0) is 28.0. The zero-order valence-corrected chi connectivity index (χ0v) is 23.5. The van der Waals surface area contributed by atoms with Crippen LogP contribution in [-0.2, 0) is 4.79 Å². The molecule has 0 saturated carbocycles. The molecule has 208 valence electrons. The van der Waals surface area contributed by atoms with Crippen LogP contribution in [0.3, 0.4) is 0 Å². The van der Waals surface area contributed by atoms with Gasteiger partial charge in [0.2, 0.25) is 5.91 Å². The maximum absolute atomic E-state index is 13.9. The zero-order valence-electron chi connectivity index (χ0n) is 23.5. The molecular formula is C36H37N3O2. The summed E-state index contributed by atoms with van der Waals surface area (Å²) in [6.45, 7) is 5.94. The first kappa shape index (κ1) is 27.0. The molecule has 1 aliphatic heterocycles. The molecule has 1 N–H and O–H groups in total. The summed E-state index contributed by atoms with van der Waals surface area (Å²) in [5.74, 6) is 0.904. The van der Waals surface area contributed by atoms with Gasteiger partial charge in [0.05, 0.1) is 6.04 Å². The number of carbonyl (C=O) groups excluding carboxylic acids is 1. The molecule has 2 heterocycles. The molecule has 2 unspecified atom stereocenters. The summed E-state index contributed by atoms with van der Waals surface area (Å²) in [5, 5.41) is 4.27. The fourth-order valence-electron chi connectivity index (χ4n) is 6.00. The third-order valence-corrected chi connectivity index (χ3v) is 8.22. The molecule has 41 heavy (non-hydrogen) atoms. The SMILES string of the molecule is CC(CNC(=O)C(c1cc2ccccc2o1)N1CCN(C(c2ccccc2)c2ccccc2)CC1)c1ccccc1. The van der Waals surface area contributed by atoms with Gasteiger partial charge in [-0.15, -0.1) is 0 Å². The van der Waals surface area contributed by atoms with Crippen molar-refractivity contribution in [2.75, 3.05) is 32.7 Å². The maximum atomic E-state index is 13.9. The van der Waals surface area contributed by atoms with E-state index in [1.165, 1.54) is 16.7 Å². The number of hydrogen-bond donors (Lipinski definition) is 1. The molecule has 1 aromatic heterocycles. The number of carbonyl (C=O) groups is 1. The summed E-state index contributed by atoms with van der Waals surface area (Å²) in [4.78, 5) is 18.7. The van der Waals surface area contributed by atoms with Gasteiger partial charge in [-0.2, -0.15) is 0 Å². The average Bonchev–Trinajstić information content (AvgIpc) is 3.46. The Morgan fingerprint density at radius 2 is 1.22 bits per heavy atom. The van der Waals surface area contributed by atoms with Gasteiger partial charge >= 0.3 is 0 Å². The van der Waals surface area contributed by atoms with Gasteiger partial charge in [-0.1, -0.05) is 116 Å². The molecule has 1 aliphatic rings. The number of furan rings is 1. The average molecular weight is 544 g/mol. The van der Waals surface area contributed by atoms with E-state index < -0.39 is 6.04 Å². The van der Waals surface area contributed by atoms with Crippen LogP contribution in [0.4, 0.5) is 0 Å². The molecule has 0 aliphatic carbocycles. The van der Waals surface area contributed by atoms with Gasteiger partial charge in [-0.05, 0) is 34.7 Å². The lowest BCUT2D eigenvalue weighted by atomic mass is 9.96. The van der Waals surface area contributed by atoms with E-state index in [1.807, 2.05) is 48.5 Å². The van der Waals surface area contributed by atoms with Crippen molar-refractivity contribution in [1.82, 2.24) is 15.1 Å². The lowest BCUT2D eigenvalue weighted by Crippen LogP contribution is -2.52. The Kier molecular flexibility index (Phi) is 8.26. The van der Waals surface area contributed by atoms with E-state index in [9.17, 15) is 4.79 Å². The highest BCUT2D eigenvalue weighted by Gasteiger charge is 2.35. The van der Waals surface area contributed by atoms with E-state index in [0.717, 1.165) is 37.1 Å². The highest BCUT2D eigenvalue weighted by molar-refractivity contribution is 5.85. The Bertz CT molecular complexity index is 1470. The second kappa shape index (κ2) is 12.5. The van der Waals surface area contributed by atoms with E-state index in [0.29, 0.717) is 12.3 Å². The minimum absolute atomic E-state index is 0.0112. The molecule has 4 aromatic carbocycles. The molecule has 5 aromatic rings. The number of fused-ring (bicyclic) bond motifs is 1. The molecule has 5 heteroatoms. The fraction of sp³-hybridized carbons (Fsp3) is 0.250. The lowest BCUT2D eigenvalue weighted by Gasteiger charge is -2.41.